The minimum Gasteiger partial charge on any atom is -0.330 e. The van der Waals surface area contributed by atoms with Crippen LogP contribution < -0.4 is 5.73 Å². The molecule has 0 amide bonds. The third-order valence-corrected chi connectivity index (χ3v) is 3.33. The van der Waals surface area contributed by atoms with Crippen LogP contribution in [0.4, 0.5) is 0 Å². The molecule has 104 valence electrons. The van der Waals surface area contributed by atoms with Crippen molar-refractivity contribution in [2.75, 3.05) is 6.54 Å². The molecule has 0 saturated heterocycles. The summed E-state index contributed by atoms with van der Waals surface area (Å²) in [6.07, 6.45) is 6.47. The Morgan fingerprint density at radius 1 is 0.900 bits per heavy atom. The summed E-state index contributed by atoms with van der Waals surface area (Å²) in [5.41, 5.74) is 12.0. The van der Waals surface area contributed by atoms with Gasteiger partial charge in [-0.15, -0.1) is 0 Å². The lowest BCUT2D eigenvalue weighted by atomic mass is 10.0. The van der Waals surface area contributed by atoms with Gasteiger partial charge in [0.25, 0.3) is 0 Å². The van der Waals surface area contributed by atoms with E-state index in [-0.39, 0.29) is 0 Å². The second kappa shape index (κ2) is 7.06. The quantitative estimate of drug-likeness (QED) is 0.798. The Hall–Kier alpha value is -1.86. The fourth-order valence-corrected chi connectivity index (χ4v) is 2.46. The predicted molar refractivity (Wildman–Crippen MR) is 88.7 cm³/mol. The van der Waals surface area contributed by atoms with E-state index in [1.807, 2.05) is 0 Å². The summed E-state index contributed by atoms with van der Waals surface area (Å²) in [6.45, 7) is 5.03. The summed E-state index contributed by atoms with van der Waals surface area (Å²) < 4.78 is 0. The molecule has 0 spiro atoms. The molecule has 0 bridgehead atoms. The van der Waals surface area contributed by atoms with E-state index in [4.69, 9.17) is 5.73 Å². The second-order valence-electron chi connectivity index (χ2n) is 5.39. The van der Waals surface area contributed by atoms with Gasteiger partial charge in [-0.2, -0.15) is 0 Å². The average molecular weight is 265 g/mol. The molecule has 0 saturated carbocycles. The highest BCUT2D eigenvalue weighted by atomic mass is 14.5. The highest BCUT2D eigenvalue weighted by Gasteiger charge is 1.95. The van der Waals surface area contributed by atoms with E-state index >= 15 is 0 Å². The van der Waals surface area contributed by atoms with Crippen molar-refractivity contribution in [1.29, 1.82) is 0 Å². The van der Waals surface area contributed by atoms with Crippen molar-refractivity contribution >= 4 is 12.2 Å². The second-order valence-corrected chi connectivity index (χ2v) is 5.39. The standard InChI is InChI=1S/C19H23N/c1-15-11-16(2)13-19(12-15)9-8-18-6-3-5-17(14-18)7-4-10-20/h3,5-6,8-9,11-14H,4,7,10,20H2,1-2H3. The van der Waals surface area contributed by atoms with E-state index in [1.165, 1.54) is 27.8 Å². The molecule has 20 heavy (non-hydrogen) atoms. The minimum absolute atomic E-state index is 0.753. The first-order valence-corrected chi connectivity index (χ1v) is 7.23. The van der Waals surface area contributed by atoms with Crippen LogP contribution in [0, 0.1) is 13.8 Å². The summed E-state index contributed by atoms with van der Waals surface area (Å²) in [7, 11) is 0. The molecule has 0 fully saturated rings. The van der Waals surface area contributed by atoms with Crippen LogP contribution in [0.15, 0.2) is 42.5 Å². The van der Waals surface area contributed by atoms with E-state index in [9.17, 15) is 0 Å². The van der Waals surface area contributed by atoms with E-state index < -0.39 is 0 Å². The molecule has 2 aromatic carbocycles. The molecule has 0 unspecified atom stereocenters. The highest BCUT2D eigenvalue weighted by molar-refractivity contribution is 5.70. The minimum atomic E-state index is 0.753. The Kier molecular flexibility index (Phi) is 5.14. The van der Waals surface area contributed by atoms with Crippen LogP contribution in [0.2, 0.25) is 0 Å². The molecule has 2 rings (SSSR count). The normalized spacial score (nSPS) is 11.2. The van der Waals surface area contributed by atoms with Gasteiger partial charge in [0.15, 0.2) is 0 Å². The Morgan fingerprint density at radius 3 is 2.30 bits per heavy atom. The zero-order valence-corrected chi connectivity index (χ0v) is 12.4. The van der Waals surface area contributed by atoms with Crippen molar-refractivity contribution in [3.8, 4) is 0 Å². The molecular weight excluding hydrogens is 242 g/mol. The van der Waals surface area contributed by atoms with Crippen LogP contribution >= 0.6 is 0 Å². The SMILES string of the molecule is Cc1cc(C)cc(C=Cc2cccc(CCCN)c2)c1. The van der Waals surface area contributed by atoms with Crippen LogP contribution in [-0.2, 0) is 6.42 Å². The van der Waals surface area contributed by atoms with Crippen LogP contribution in [0.3, 0.4) is 0 Å². The van der Waals surface area contributed by atoms with Crippen LogP contribution in [0.1, 0.15) is 34.2 Å². The number of benzene rings is 2. The third kappa shape index (κ3) is 4.36. The van der Waals surface area contributed by atoms with Crippen molar-refractivity contribution in [2.24, 2.45) is 5.73 Å². The highest BCUT2D eigenvalue weighted by Crippen LogP contribution is 2.14. The molecule has 2 aromatic rings. The van der Waals surface area contributed by atoms with Crippen molar-refractivity contribution in [1.82, 2.24) is 0 Å². The molecule has 2 N–H and O–H groups in total. The van der Waals surface area contributed by atoms with Crippen molar-refractivity contribution in [2.45, 2.75) is 26.7 Å². The molecule has 0 aliphatic carbocycles. The van der Waals surface area contributed by atoms with Gasteiger partial charge in [0.1, 0.15) is 0 Å². The number of rotatable bonds is 5. The third-order valence-electron chi connectivity index (χ3n) is 3.33. The monoisotopic (exact) mass is 265 g/mol. The topological polar surface area (TPSA) is 26.0 Å². The average Bonchev–Trinajstić information content (AvgIpc) is 2.42. The Labute approximate surface area is 122 Å². The lowest BCUT2D eigenvalue weighted by Gasteiger charge is -2.02. The first-order valence-electron chi connectivity index (χ1n) is 7.23. The van der Waals surface area contributed by atoms with Gasteiger partial charge in [-0.1, -0.05) is 65.7 Å². The molecule has 1 heteroatoms. The maximum absolute atomic E-state index is 5.56. The van der Waals surface area contributed by atoms with Gasteiger partial charge < -0.3 is 5.73 Å². The number of hydrogen-bond acceptors (Lipinski definition) is 1. The number of hydrogen-bond donors (Lipinski definition) is 1. The Morgan fingerprint density at radius 2 is 1.60 bits per heavy atom. The number of nitrogens with two attached hydrogens (primary N) is 1. The summed E-state index contributed by atoms with van der Waals surface area (Å²) in [5.74, 6) is 0. The molecule has 1 nitrogen and oxygen atoms in total. The summed E-state index contributed by atoms with van der Waals surface area (Å²) in [5, 5.41) is 0. The van der Waals surface area contributed by atoms with Gasteiger partial charge in [-0.25, -0.2) is 0 Å². The number of aryl methyl sites for hydroxylation is 3. The van der Waals surface area contributed by atoms with Crippen LogP contribution in [0.5, 0.6) is 0 Å². The summed E-state index contributed by atoms with van der Waals surface area (Å²) in [4.78, 5) is 0. The predicted octanol–water partition coefficient (Wildman–Crippen LogP) is 4.37. The van der Waals surface area contributed by atoms with Crippen LogP contribution in [0.25, 0.3) is 12.2 Å². The molecule has 0 aliphatic rings. The maximum atomic E-state index is 5.56. The summed E-state index contributed by atoms with van der Waals surface area (Å²) >= 11 is 0. The summed E-state index contributed by atoms with van der Waals surface area (Å²) in [6, 6.07) is 15.3. The zero-order valence-electron chi connectivity index (χ0n) is 12.4. The Bertz CT molecular complexity index is 576. The van der Waals surface area contributed by atoms with Gasteiger partial charge in [-0.05, 0) is 49.9 Å². The fraction of sp³-hybridized carbons (Fsp3) is 0.263. The van der Waals surface area contributed by atoms with E-state index in [0.29, 0.717) is 0 Å². The van der Waals surface area contributed by atoms with Gasteiger partial charge in [-0.3, -0.25) is 0 Å². The van der Waals surface area contributed by atoms with Crippen molar-refractivity contribution in [3.05, 3.63) is 70.3 Å². The molecular formula is C19H23N. The smallest absolute Gasteiger partial charge is 0.00741 e. The Balaban J connectivity index is 2.14. The van der Waals surface area contributed by atoms with E-state index in [0.717, 1.165) is 19.4 Å². The van der Waals surface area contributed by atoms with E-state index in [1.54, 1.807) is 0 Å². The first kappa shape index (κ1) is 14.5. The van der Waals surface area contributed by atoms with Gasteiger partial charge in [0, 0.05) is 0 Å². The van der Waals surface area contributed by atoms with Gasteiger partial charge >= 0.3 is 0 Å². The van der Waals surface area contributed by atoms with Gasteiger partial charge in [0.2, 0.25) is 0 Å². The molecule has 0 heterocycles. The maximum Gasteiger partial charge on any atom is -0.00741 e. The first-order chi connectivity index (χ1) is 9.67. The van der Waals surface area contributed by atoms with Gasteiger partial charge in [0.05, 0.1) is 0 Å². The largest absolute Gasteiger partial charge is 0.330 e. The van der Waals surface area contributed by atoms with E-state index in [2.05, 4.69) is 68.5 Å². The molecule has 0 aromatic heterocycles. The lowest BCUT2D eigenvalue weighted by molar-refractivity contribution is 0.832. The zero-order chi connectivity index (χ0) is 14.4. The lowest BCUT2D eigenvalue weighted by Crippen LogP contribution is -2.00. The molecule has 0 aliphatic heterocycles. The van der Waals surface area contributed by atoms with Crippen LogP contribution in [-0.4, -0.2) is 6.54 Å². The molecule has 0 radical (unpaired) electrons. The molecule has 0 atom stereocenters. The van der Waals surface area contributed by atoms with Crippen molar-refractivity contribution < 1.29 is 0 Å². The fourth-order valence-electron chi connectivity index (χ4n) is 2.46. The van der Waals surface area contributed by atoms with Crippen molar-refractivity contribution in [3.63, 3.8) is 0 Å².